The lowest BCUT2D eigenvalue weighted by atomic mass is 10.2. The predicted molar refractivity (Wildman–Crippen MR) is 95.6 cm³/mol. The van der Waals surface area contributed by atoms with Crippen molar-refractivity contribution < 1.29 is 22.0 Å². The summed E-state index contributed by atoms with van der Waals surface area (Å²) in [6.07, 6.45) is 1.22. The fraction of sp³-hybridized carbons (Fsp3) is 0.176. The summed E-state index contributed by atoms with van der Waals surface area (Å²) in [4.78, 5) is 16.9. The first-order valence-corrected chi connectivity index (χ1v) is 10.3. The Hall–Kier alpha value is -2.52. The van der Waals surface area contributed by atoms with Gasteiger partial charge in [-0.05, 0) is 35.7 Å². The number of nitrogens with zero attached hydrogens (tertiary/aromatic N) is 1. The SMILES string of the molecule is O=C(CS(=O)(=O)Cc1coc(-c2ccc(F)cc2)n1)NCc1cccs1. The fourth-order valence-electron chi connectivity index (χ4n) is 2.22. The molecule has 3 rings (SSSR count). The van der Waals surface area contributed by atoms with E-state index in [0.717, 1.165) is 4.88 Å². The maximum Gasteiger partial charge on any atom is 0.235 e. The molecule has 6 nitrogen and oxygen atoms in total. The van der Waals surface area contributed by atoms with Crippen molar-refractivity contribution >= 4 is 27.1 Å². The predicted octanol–water partition coefficient (Wildman–Crippen LogP) is 2.77. The fourth-order valence-corrected chi connectivity index (χ4v) is 4.06. The molecule has 0 aliphatic carbocycles. The average molecular weight is 394 g/mol. The number of amides is 1. The maximum absolute atomic E-state index is 12.9. The van der Waals surface area contributed by atoms with E-state index in [9.17, 15) is 17.6 Å². The van der Waals surface area contributed by atoms with Crippen molar-refractivity contribution in [1.29, 1.82) is 0 Å². The Morgan fingerprint density at radius 2 is 2.00 bits per heavy atom. The minimum atomic E-state index is -3.69. The largest absolute Gasteiger partial charge is 0.444 e. The molecular weight excluding hydrogens is 379 g/mol. The van der Waals surface area contributed by atoms with Crippen molar-refractivity contribution in [3.05, 3.63) is 64.4 Å². The number of carbonyl (C=O) groups excluding carboxylic acids is 1. The van der Waals surface area contributed by atoms with Gasteiger partial charge in [0.1, 0.15) is 17.8 Å². The van der Waals surface area contributed by atoms with Crippen LogP contribution in [0.3, 0.4) is 0 Å². The van der Waals surface area contributed by atoms with Crippen molar-refractivity contribution in [3.63, 3.8) is 0 Å². The van der Waals surface area contributed by atoms with Gasteiger partial charge in [0, 0.05) is 10.4 Å². The number of thiophene rings is 1. The third-order valence-corrected chi connectivity index (χ3v) is 5.72. The van der Waals surface area contributed by atoms with Gasteiger partial charge in [-0.25, -0.2) is 17.8 Å². The van der Waals surface area contributed by atoms with Crippen LogP contribution in [0.4, 0.5) is 4.39 Å². The zero-order valence-corrected chi connectivity index (χ0v) is 15.1. The van der Waals surface area contributed by atoms with Gasteiger partial charge in [-0.2, -0.15) is 0 Å². The third-order valence-electron chi connectivity index (χ3n) is 3.40. The molecule has 0 saturated carbocycles. The van der Waals surface area contributed by atoms with Crippen LogP contribution in [-0.2, 0) is 26.9 Å². The van der Waals surface area contributed by atoms with Crippen molar-refractivity contribution in [2.75, 3.05) is 5.75 Å². The summed E-state index contributed by atoms with van der Waals surface area (Å²) in [7, 11) is -3.69. The second kappa shape index (κ2) is 7.79. The number of halogens is 1. The number of nitrogens with one attached hydrogen (secondary N) is 1. The summed E-state index contributed by atoms with van der Waals surface area (Å²) in [5, 5.41) is 4.45. The summed E-state index contributed by atoms with van der Waals surface area (Å²) in [5.74, 6) is -1.81. The molecule has 1 amide bonds. The van der Waals surface area contributed by atoms with Gasteiger partial charge in [0.2, 0.25) is 11.8 Å². The number of sulfone groups is 1. The smallest absolute Gasteiger partial charge is 0.235 e. The second-order valence-corrected chi connectivity index (χ2v) is 8.64. The van der Waals surface area contributed by atoms with Crippen LogP contribution in [0.15, 0.2) is 52.5 Å². The summed E-state index contributed by atoms with van der Waals surface area (Å²) in [5.41, 5.74) is 0.721. The molecule has 2 heterocycles. The van der Waals surface area contributed by atoms with Gasteiger partial charge in [0.15, 0.2) is 9.84 Å². The Bertz CT molecular complexity index is 980. The van der Waals surface area contributed by atoms with E-state index >= 15 is 0 Å². The molecule has 0 aliphatic rings. The summed E-state index contributed by atoms with van der Waals surface area (Å²) >= 11 is 1.48. The Morgan fingerprint density at radius 1 is 1.23 bits per heavy atom. The topological polar surface area (TPSA) is 89.3 Å². The van der Waals surface area contributed by atoms with E-state index in [4.69, 9.17) is 4.42 Å². The molecule has 0 spiro atoms. The molecule has 0 aliphatic heterocycles. The van der Waals surface area contributed by atoms with Crippen LogP contribution in [-0.4, -0.2) is 25.1 Å². The van der Waals surface area contributed by atoms with Crippen molar-refractivity contribution in [2.45, 2.75) is 12.3 Å². The van der Waals surface area contributed by atoms with Crippen molar-refractivity contribution in [1.82, 2.24) is 10.3 Å². The van der Waals surface area contributed by atoms with E-state index in [0.29, 0.717) is 12.1 Å². The first kappa shape index (κ1) is 18.3. The minimum Gasteiger partial charge on any atom is -0.444 e. The van der Waals surface area contributed by atoms with E-state index in [1.807, 2.05) is 17.5 Å². The summed E-state index contributed by atoms with van der Waals surface area (Å²) in [6, 6.07) is 9.19. The lowest BCUT2D eigenvalue weighted by Crippen LogP contribution is -2.30. The molecule has 1 N–H and O–H groups in total. The molecule has 9 heteroatoms. The molecular formula is C17H15FN2O4S2. The zero-order chi connectivity index (χ0) is 18.6. The van der Waals surface area contributed by atoms with Crippen LogP contribution < -0.4 is 5.32 Å². The molecule has 2 aromatic heterocycles. The highest BCUT2D eigenvalue weighted by Gasteiger charge is 2.20. The van der Waals surface area contributed by atoms with Crippen molar-refractivity contribution in [3.8, 4) is 11.5 Å². The number of hydrogen-bond acceptors (Lipinski definition) is 6. The molecule has 1 aromatic carbocycles. The molecule has 0 bridgehead atoms. The van der Waals surface area contributed by atoms with Gasteiger partial charge in [-0.15, -0.1) is 11.3 Å². The number of rotatable bonds is 7. The van der Waals surface area contributed by atoms with Crippen LogP contribution in [0.1, 0.15) is 10.6 Å². The highest BCUT2D eigenvalue weighted by Crippen LogP contribution is 2.20. The van der Waals surface area contributed by atoms with Crippen molar-refractivity contribution in [2.24, 2.45) is 0 Å². The first-order valence-electron chi connectivity index (χ1n) is 7.61. The van der Waals surface area contributed by atoms with Gasteiger partial charge < -0.3 is 9.73 Å². The maximum atomic E-state index is 12.9. The van der Waals surface area contributed by atoms with Gasteiger partial charge in [0.05, 0.1) is 18.0 Å². The molecule has 0 radical (unpaired) electrons. The zero-order valence-electron chi connectivity index (χ0n) is 13.5. The summed E-state index contributed by atoms with van der Waals surface area (Å²) in [6.45, 7) is 0.296. The lowest BCUT2D eigenvalue weighted by molar-refractivity contribution is -0.118. The van der Waals surface area contributed by atoms with Crippen LogP contribution in [0.2, 0.25) is 0 Å². The molecule has 0 atom stereocenters. The van der Waals surface area contributed by atoms with Gasteiger partial charge in [-0.1, -0.05) is 6.07 Å². The van der Waals surface area contributed by atoms with E-state index in [1.54, 1.807) is 0 Å². The standard InChI is InChI=1S/C17H15FN2O4S2/c18-13-5-3-12(4-6-13)17-20-14(9-24-17)10-26(22,23)11-16(21)19-8-15-2-1-7-25-15/h1-7,9H,8,10-11H2,(H,19,21). The van der Waals surface area contributed by atoms with Gasteiger partial charge in [0.25, 0.3) is 0 Å². The number of benzene rings is 1. The van der Waals surface area contributed by atoms with Gasteiger partial charge >= 0.3 is 0 Å². The third kappa shape index (κ3) is 4.99. The Morgan fingerprint density at radius 3 is 2.69 bits per heavy atom. The van der Waals surface area contributed by atoms with Crippen LogP contribution >= 0.6 is 11.3 Å². The molecule has 3 aromatic rings. The number of hydrogen-bond donors (Lipinski definition) is 1. The van der Waals surface area contributed by atoms with Crippen LogP contribution in [0.25, 0.3) is 11.5 Å². The highest BCUT2D eigenvalue weighted by molar-refractivity contribution is 7.91. The normalized spacial score (nSPS) is 11.4. The Labute approximate surface area is 153 Å². The molecule has 0 saturated heterocycles. The van der Waals surface area contributed by atoms with E-state index in [1.165, 1.54) is 41.9 Å². The average Bonchev–Trinajstić information content (AvgIpc) is 3.24. The van der Waals surface area contributed by atoms with Crippen LogP contribution in [0, 0.1) is 5.82 Å². The van der Waals surface area contributed by atoms with Gasteiger partial charge in [-0.3, -0.25) is 4.79 Å². The second-order valence-electron chi connectivity index (χ2n) is 5.54. The van der Waals surface area contributed by atoms with E-state index < -0.39 is 33.1 Å². The monoisotopic (exact) mass is 394 g/mol. The first-order chi connectivity index (χ1) is 12.4. The highest BCUT2D eigenvalue weighted by atomic mass is 32.2. The summed E-state index contributed by atoms with van der Waals surface area (Å²) < 4.78 is 42.5. The molecule has 0 fully saturated rings. The molecule has 136 valence electrons. The Balaban J connectivity index is 1.58. The minimum absolute atomic E-state index is 0.190. The number of carbonyl (C=O) groups is 1. The number of aromatic nitrogens is 1. The molecule has 26 heavy (non-hydrogen) atoms. The lowest BCUT2D eigenvalue weighted by Gasteiger charge is -2.04. The molecule has 0 unspecified atom stereocenters. The quantitative estimate of drug-likeness (QED) is 0.666. The van der Waals surface area contributed by atoms with E-state index in [-0.39, 0.29) is 11.6 Å². The van der Waals surface area contributed by atoms with Crippen LogP contribution in [0.5, 0.6) is 0 Å². The number of oxazole rings is 1. The van der Waals surface area contributed by atoms with E-state index in [2.05, 4.69) is 10.3 Å². The Kier molecular flexibility index (Phi) is 5.48.